The van der Waals surface area contributed by atoms with Crippen LogP contribution in [0.1, 0.15) is 31.7 Å². The van der Waals surface area contributed by atoms with Crippen LogP contribution in [-0.2, 0) is 4.79 Å². The maximum atomic E-state index is 12.3. The number of hydrogen-bond acceptors (Lipinski definition) is 3. The van der Waals surface area contributed by atoms with Crippen molar-refractivity contribution in [2.75, 3.05) is 26.2 Å². The maximum absolute atomic E-state index is 12.3. The third-order valence-electron chi connectivity index (χ3n) is 3.79. The van der Waals surface area contributed by atoms with E-state index in [2.05, 4.69) is 12.2 Å². The lowest BCUT2D eigenvalue weighted by Gasteiger charge is -2.32. The summed E-state index contributed by atoms with van der Waals surface area (Å²) in [6.07, 6.45) is 3.08. The van der Waals surface area contributed by atoms with Gasteiger partial charge in [0.25, 0.3) is 0 Å². The van der Waals surface area contributed by atoms with Gasteiger partial charge in [0.05, 0.1) is 12.6 Å². The van der Waals surface area contributed by atoms with Gasteiger partial charge in [-0.15, -0.1) is 0 Å². The predicted molar refractivity (Wildman–Crippen MR) is 84.6 cm³/mol. The van der Waals surface area contributed by atoms with E-state index in [-0.39, 0.29) is 11.9 Å². The molecule has 0 radical (unpaired) electrons. The number of nitrogens with zero attached hydrogens (tertiary/aromatic N) is 1. The Kier molecular flexibility index (Phi) is 6.05. The summed E-state index contributed by atoms with van der Waals surface area (Å²) in [5, 5.41) is 3.33. The van der Waals surface area contributed by atoms with Crippen LogP contribution in [0, 0.1) is 6.92 Å². The Morgan fingerprint density at radius 2 is 2.29 bits per heavy atom. The van der Waals surface area contributed by atoms with Crippen LogP contribution in [0.5, 0.6) is 5.75 Å². The molecule has 1 heterocycles. The molecule has 4 nitrogen and oxygen atoms in total. The van der Waals surface area contributed by atoms with Crippen LogP contribution in [0.25, 0.3) is 0 Å². The fourth-order valence-electron chi connectivity index (χ4n) is 2.65. The lowest BCUT2D eigenvalue weighted by atomic mass is 10.0. The molecule has 0 saturated carbocycles. The number of aryl methyl sites for hydroxylation is 1. The number of nitrogens with one attached hydrogen (secondary N) is 1. The molecule has 1 atom stereocenters. The van der Waals surface area contributed by atoms with Crippen molar-refractivity contribution >= 4 is 5.91 Å². The fraction of sp³-hybridized carbons (Fsp3) is 0.588. The molecule has 1 aromatic carbocycles. The summed E-state index contributed by atoms with van der Waals surface area (Å²) < 4.78 is 5.74. The summed E-state index contributed by atoms with van der Waals surface area (Å²) in [6, 6.07) is 8.00. The van der Waals surface area contributed by atoms with Crippen molar-refractivity contribution in [3.8, 4) is 5.75 Å². The van der Waals surface area contributed by atoms with Crippen molar-refractivity contribution in [2.24, 2.45) is 0 Å². The van der Waals surface area contributed by atoms with Gasteiger partial charge in [-0.3, -0.25) is 4.79 Å². The lowest BCUT2D eigenvalue weighted by molar-refractivity contribution is -0.136. The van der Waals surface area contributed by atoms with Gasteiger partial charge in [0, 0.05) is 6.54 Å². The van der Waals surface area contributed by atoms with Gasteiger partial charge in [-0.25, -0.2) is 0 Å². The van der Waals surface area contributed by atoms with Gasteiger partial charge in [0.1, 0.15) is 12.4 Å². The maximum Gasteiger partial charge on any atom is 0.239 e. The number of rotatable bonds is 7. The van der Waals surface area contributed by atoms with Crippen molar-refractivity contribution < 1.29 is 9.53 Å². The molecule has 4 heteroatoms. The Bertz CT molecular complexity index is 462. The minimum atomic E-state index is -0.00216. The number of benzene rings is 1. The van der Waals surface area contributed by atoms with Crippen molar-refractivity contribution in [2.45, 2.75) is 39.2 Å². The first-order valence-electron chi connectivity index (χ1n) is 7.92. The number of hydrogen-bond donors (Lipinski definition) is 1. The average Bonchev–Trinajstić information content (AvgIpc) is 2.48. The Hall–Kier alpha value is -1.55. The molecule has 116 valence electrons. The minimum Gasteiger partial charge on any atom is -0.492 e. The Morgan fingerprint density at radius 3 is 3.05 bits per heavy atom. The highest BCUT2D eigenvalue weighted by Gasteiger charge is 2.27. The van der Waals surface area contributed by atoms with Crippen LogP contribution in [0.3, 0.4) is 0 Å². The molecule has 1 fully saturated rings. The normalized spacial score (nSPS) is 18.9. The molecule has 1 aromatic rings. The molecule has 0 bridgehead atoms. The molecule has 1 aliphatic rings. The zero-order valence-electron chi connectivity index (χ0n) is 13.1. The number of ether oxygens (including phenoxy) is 1. The van der Waals surface area contributed by atoms with E-state index in [9.17, 15) is 4.79 Å². The molecule has 1 aliphatic heterocycles. The van der Waals surface area contributed by atoms with E-state index in [1.807, 2.05) is 36.1 Å². The molecule has 0 spiro atoms. The van der Waals surface area contributed by atoms with Gasteiger partial charge < -0.3 is 15.0 Å². The van der Waals surface area contributed by atoms with E-state index in [1.54, 1.807) is 0 Å². The SMILES string of the molecule is CCCNC1CCCN(CCOc2cccc(C)c2)C1=O. The molecule has 21 heavy (non-hydrogen) atoms. The molecule has 0 aromatic heterocycles. The highest BCUT2D eigenvalue weighted by molar-refractivity contribution is 5.82. The molecular weight excluding hydrogens is 264 g/mol. The first-order chi connectivity index (χ1) is 10.2. The quantitative estimate of drug-likeness (QED) is 0.838. The fourth-order valence-corrected chi connectivity index (χ4v) is 2.65. The largest absolute Gasteiger partial charge is 0.492 e. The Labute approximate surface area is 127 Å². The molecule has 1 unspecified atom stereocenters. The number of likely N-dealkylation sites (tertiary alicyclic amines) is 1. The van der Waals surface area contributed by atoms with E-state index in [0.29, 0.717) is 13.2 Å². The summed E-state index contributed by atoms with van der Waals surface area (Å²) in [6.45, 7) is 7.13. The summed E-state index contributed by atoms with van der Waals surface area (Å²) in [5.74, 6) is 1.10. The highest BCUT2D eigenvalue weighted by atomic mass is 16.5. The second kappa shape index (κ2) is 8.03. The first-order valence-corrected chi connectivity index (χ1v) is 7.92. The molecule has 1 saturated heterocycles. The van der Waals surface area contributed by atoms with Gasteiger partial charge in [-0.05, 0) is 50.4 Å². The predicted octanol–water partition coefficient (Wildman–Crippen LogP) is 2.36. The zero-order valence-corrected chi connectivity index (χ0v) is 13.1. The summed E-state index contributed by atoms with van der Waals surface area (Å²) in [4.78, 5) is 14.3. The van der Waals surface area contributed by atoms with Gasteiger partial charge in [-0.1, -0.05) is 19.1 Å². The van der Waals surface area contributed by atoms with Crippen LogP contribution in [0.2, 0.25) is 0 Å². The van der Waals surface area contributed by atoms with Crippen molar-refractivity contribution in [3.63, 3.8) is 0 Å². The van der Waals surface area contributed by atoms with E-state index in [0.717, 1.165) is 38.1 Å². The van der Waals surface area contributed by atoms with Gasteiger partial charge in [0.2, 0.25) is 5.91 Å². The van der Waals surface area contributed by atoms with Crippen LogP contribution in [0.15, 0.2) is 24.3 Å². The van der Waals surface area contributed by atoms with Crippen LogP contribution >= 0.6 is 0 Å². The number of amides is 1. The van der Waals surface area contributed by atoms with Crippen molar-refractivity contribution in [1.29, 1.82) is 0 Å². The topological polar surface area (TPSA) is 41.6 Å². The van der Waals surface area contributed by atoms with E-state index in [4.69, 9.17) is 4.74 Å². The van der Waals surface area contributed by atoms with E-state index in [1.165, 1.54) is 5.56 Å². The summed E-state index contributed by atoms with van der Waals surface area (Å²) in [5.41, 5.74) is 1.19. The zero-order chi connectivity index (χ0) is 15.1. The van der Waals surface area contributed by atoms with Crippen LogP contribution in [0.4, 0.5) is 0 Å². The number of carbonyl (C=O) groups excluding carboxylic acids is 1. The molecule has 1 N–H and O–H groups in total. The third-order valence-corrected chi connectivity index (χ3v) is 3.79. The molecule has 0 aliphatic carbocycles. The second-order valence-electron chi connectivity index (χ2n) is 5.64. The second-order valence-corrected chi connectivity index (χ2v) is 5.64. The Balaban J connectivity index is 1.78. The molecule has 1 amide bonds. The number of carbonyl (C=O) groups is 1. The third kappa shape index (κ3) is 4.74. The lowest BCUT2D eigenvalue weighted by Crippen LogP contribution is -2.51. The summed E-state index contributed by atoms with van der Waals surface area (Å²) in [7, 11) is 0. The van der Waals surface area contributed by atoms with Crippen molar-refractivity contribution in [1.82, 2.24) is 10.2 Å². The minimum absolute atomic E-state index is 0.00216. The van der Waals surface area contributed by atoms with Gasteiger partial charge >= 0.3 is 0 Å². The Morgan fingerprint density at radius 1 is 1.43 bits per heavy atom. The molecular formula is C17H26N2O2. The first kappa shape index (κ1) is 15.8. The standard InChI is InChI=1S/C17H26N2O2/c1-3-9-18-16-8-5-10-19(17(16)20)11-12-21-15-7-4-6-14(2)13-15/h4,6-7,13,16,18H,3,5,8-12H2,1-2H3. The smallest absolute Gasteiger partial charge is 0.239 e. The molecule has 2 rings (SSSR count). The summed E-state index contributed by atoms with van der Waals surface area (Å²) >= 11 is 0. The number of piperidine rings is 1. The van der Waals surface area contributed by atoms with Gasteiger partial charge in [0.15, 0.2) is 0 Å². The van der Waals surface area contributed by atoms with E-state index < -0.39 is 0 Å². The van der Waals surface area contributed by atoms with Crippen molar-refractivity contribution in [3.05, 3.63) is 29.8 Å². The van der Waals surface area contributed by atoms with Gasteiger partial charge in [-0.2, -0.15) is 0 Å². The monoisotopic (exact) mass is 290 g/mol. The van der Waals surface area contributed by atoms with E-state index >= 15 is 0 Å². The van der Waals surface area contributed by atoms with Crippen LogP contribution < -0.4 is 10.1 Å². The average molecular weight is 290 g/mol. The highest BCUT2D eigenvalue weighted by Crippen LogP contribution is 2.14. The van der Waals surface area contributed by atoms with Crippen LogP contribution in [-0.4, -0.2) is 43.1 Å².